The van der Waals surface area contributed by atoms with Crippen molar-refractivity contribution in [2.45, 2.75) is 36.9 Å². The Bertz CT molecular complexity index is 492. The summed E-state index contributed by atoms with van der Waals surface area (Å²) in [6, 6.07) is 13.1. The minimum atomic E-state index is 0.357. The molecule has 0 radical (unpaired) electrons. The van der Waals surface area contributed by atoms with Crippen LogP contribution in [0, 0.1) is 0 Å². The molecule has 1 aromatic carbocycles. The fraction of sp³-hybridized carbons (Fsp3) is 0.375. The van der Waals surface area contributed by atoms with E-state index in [0.29, 0.717) is 4.83 Å². The van der Waals surface area contributed by atoms with Crippen molar-refractivity contribution in [3.8, 4) is 0 Å². The second-order valence-corrected chi connectivity index (χ2v) is 7.02. The monoisotopic (exact) mass is 320 g/mol. The number of fused-ring (bicyclic) bond motifs is 1. The van der Waals surface area contributed by atoms with Gasteiger partial charge >= 0.3 is 0 Å². The van der Waals surface area contributed by atoms with Gasteiger partial charge < -0.3 is 0 Å². The second kappa shape index (κ2) is 5.58. The van der Waals surface area contributed by atoms with Gasteiger partial charge in [0.2, 0.25) is 0 Å². The molecule has 0 bridgehead atoms. The Hall–Kier alpha value is -0.600. The summed E-state index contributed by atoms with van der Waals surface area (Å²) in [7, 11) is 0. The predicted octanol–water partition coefficient (Wildman–Crippen LogP) is 5.50. The molecule has 1 heterocycles. The van der Waals surface area contributed by atoms with Gasteiger partial charge in [0.15, 0.2) is 0 Å². The molecule has 0 saturated carbocycles. The minimum absolute atomic E-state index is 0.357. The van der Waals surface area contributed by atoms with Gasteiger partial charge in [0, 0.05) is 9.75 Å². The zero-order valence-electron chi connectivity index (χ0n) is 10.4. The van der Waals surface area contributed by atoms with Crippen LogP contribution in [-0.4, -0.2) is 0 Å². The number of halogens is 1. The van der Waals surface area contributed by atoms with Crippen molar-refractivity contribution < 1.29 is 0 Å². The molecule has 3 rings (SSSR count). The standard InChI is InChI=1S/C16H17BrS/c17-16(12-7-3-1-4-8-12)15-11-13-9-5-2-6-10-14(13)18-15/h1,3-4,7-8,11,16H,2,5-6,9-10H2. The maximum absolute atomic E-state index is 3.85. The van der Waals surface area contributed by atoms with Crippen molar-refractivity contribution >= 4 is 27.3 Å². The molecular weight excluding hydrogens is 304 g/mol. The molecule has 18 heavy (non-hydrogen) atoms. The molecule has 0 amide bonds. The normalized spacial score (nSPS) is 16.9. The van der Waals surface area contributed by atoms with E-state index < -0.39 is 0 Å². The van der Waals surface area contributed by atoms with E-state index >= 15 is 0 Å². The van der Waals surface area contributed by atoms with Gasteiger partial charge in [0.05, 0.1) is 4.83 Å². The van der Waals surface area contributed by atoms with Crippen molar-refractivity contribution in [2.75, 3.05) is 0 Å². The Morgan fingerprint density at radius 3 is 2.61 bits per heavy atom. The van der Waals surface area contributed by atoms with Gasteiger partial charge in [0.1, 0.15) is 0 Å². The van der Waals surface area contributed by atoms with Crippen molar-refractivity contribution in [1.29, 1.82) is 0 Å². The van der Waals surface area contributed by atoms with Gasteiger partial charge in [-0.2, -0.15) is 0 Å². The third-order valence-electron chi connectivity index (χ3n) is 3.61. The van der Waals surface area contributed by atoms with Crippen LogP contribution in [0.1, 0.15) is 45.0 Å². The fourth-order valence-corrected chi connectivity index (χ4v) is 4.58. The van der Waals surface area contributed by atoms with E-state index in [1.807, 2.05) is 11.3 Å². The SMILES string of the molecule is BrC(c1ccccc1)c1cc2c(s1)CCCCC2. The lowest BCUT2D eigenvalue weighted by Crippen LogP contribution is -1.88. The topological polar surface area (TPSA) is 0 Å². The van der Waals surface area contributed by atoms with Crippen LogP contribution >= 0.6 is 27.3 Å². The van der Waals surface area contributed by atoms with Crippen LogP contribution in [0.3, 0.4) is 0 Å². The first kappa shape index (κ1) is 12.4. The molecule has 1 aliphatic rings. The van der Waals surface area contributed by atoms with Crippen molar-refractivity contribution in [3.63, 3.8) is 0 Å². The van der Waals surface area contributed by atoms with Crippen LogP contribution in [0.2, 0.25) is 0 Å². The molecule has 1 atom stereocenters. The maximum atomic E-state index is 3.85. The zero-order chi connectivity index (χ0) is 12.4. The van der Waals surface area contributed by atoms with E-state index in [-0.39, 0.29) is 0 Å². The number of thiophene rings is 1. The number of hydrogen-bond acceptors (Lipinski definition) is 1. The van der Waals surface area contributed by atoms with E-state index in [1.165, 1.54) is 42.5 Å². The highest BCUT2D eigenvalue weighted by molar-refractivity contribution is 9.09. The molecule has 0 saturated heterocycles. The zero-order valence-corrected chi connectivity index (χ0v) is 12.8. The Labute approximate surface area is 121 Å². The lowest BCUT2D eigenvalue weighted by Gasteiger charge is -2.07. The molecule has 94 valence electrons. The lowest BCUT2D eigenvalue weighted by atomic mass is 10.1. The lowest BCUT2D eigenvalue weighted by molar-refractivity contribution is 0.712. The first-order valence-electron chi connectivity index (χ1n) is 6.65. The molecule has 1 aromatic heterocycles. The van der Waals surface area contributed by atoms with Gasteiger partial charge in [-0.1, -0.05) is 52.7 Å². The van der Waals surface area contributed by atoms with E-state index in [1.54, 1.807) is 10.4 Å². The molecular formula is C16H17BrS. The smallest absolute Gasteiger partial charge is 0.0738 e. The van der Waals surface area contributed by atoms with Crippen LogP contribution in [0.4, 0.5) is 0 Å². The maximum Gasteiger partial charge on any atom is 0.0738 e. The van der Waals surface area contributed by atoms with Crippen LogP contribution in [0.25, 0.3) is 0 Å². The molecule has 2 aromatic rings. The number of hydrogen-bond donors (Lipinski definition) is 0. The number of rotatable bonds is 2. The van der Waals surface area contributed by atoms with E-state index in [4.69, 9.17) is 0 Å². The molecule has 0 fully saturated rings. The van der Waals surface area contributed by atoms with Crippen molar-refractivity contribution in [3.05, 3.63) is 57.3 Å². The molecule has 1 aliphatic carbocycles. The predicted molar refractivity (Wildman–Crippen MR) is 82.8 cm³/mol. The van der Waals surface area contributed by atoms with Gasteiger partial charge in [-0.25, -0.2) is 0 Å². The summed E-state index contributed by atoms with van der Waals surface area (Å²) in [5, 5.41) is 0. The van der Waals surface area contributed by atoms with Crippen molar-refractivity contribution in [2.24, 2.45) is 0 Å². The van der Waals surface area contributed by atoms with Crippen LogP contribution < -0.4 is 0 Å². The van der Waals surface area contributed by atoms with Gasteiger partial charge in [-0.15, -0.1) is 11.3 Å². The highest BCUT2D eigenvalue weighted by Crippen LogP contribution is 2.38. The fourth-order valence-electron chi connectivity index (χ4n) is 2.60. The molecule has 0 spiro atoms. The average molecular weight is 321 g/mol. The minimum Gasteiger partial charge on any atom is -0.144 e. The summed E-state index contributed by atoms with van der Waals surface area (Å²) in [5.41, 5.74) is 2.96. The number of benzene rings is 1. The quantitative estimate of drug-likeness (QED) is 0.506. The summed E-state index contributed by atoms with van der Waals surface area (Å²) in [5.74, 6) is 0. The highest BCUT2D eigenvalue weighted by Gasteiger charge is 2.17. The average Bonchev–Trinajstić information content (AvgIpc) is 2.70. The number of alkyl halides is 1. The summed E-state index contributed by atoms with van der Waals surface area (Å²) < 4.78 is 0. The summed E-state index contributed by atoms with van der Waals surface area (Å²) in [6.07, 6.45) is 6.69. The highest BCUT2D eigenvalue weighted by atomic mass is 79.9. The number of aryl methyl sites for hydroxylation is 2. The summed E-state index contributed by atoms with van der Waals surface area (Å²) in [6.45, 7) is 0. The van der Waals surface area contributed by atoms with Gasteiger partial charge in [0.25, 0.3) is 0 Å². The van der Waals surface area contributed by atoms with Gasteiger partial charge in [-0.05, 0) is 42.9 Å². The van der Waals surface area contributed by atoms with Crippen molar-refractivity contribution in [1.82, 2.24) is 0 Å². The third-order valence-corrected chi connectivity index (χ3v) is 6.23. The van der Waals surface area contributed by atoms with Crippen LogP contribution in [0.5, 0.6) is 0 Å². The third kappa shape index (κ3) is 2.55. The summed E-state index contributed by atoms with van der Waals surface area (Å²) in [4.78, 5) is 3.45. The van der Waals surface area contributed by atoms with E-state index in [0.717, 1.165) is 0 Å². The van der Waals surface area contributed by atoms with Gasteiger partial charge in [-0.3, -0.25) is 0 Å². The summed E-state index contributed by atoms with van der Waals surface area (Å²) >= 11 is 5.86. The second-order valence-electron chi connectivity index (χ2n) is 4.93. The largest absolute Gasteiger partial charge is 0.144 e. The Balaban J connectivity index is 1.89. The Morgan fingerprint density at radius 2 is 1.78 bits per heavy atom. The molecule has 1 unspecified atom stereocenters. The molecule has 0 nitrogen and oxygen atoms in total. The van der Waals surface area contributed by atoms with Crippen LogP contribution in [-0.2, 0) is 12.8 Å². The Morgan fingerprint density at radius 1 is 1.00 bits per heavy atom. The molecule has 2 heteroatoms. The van der Waals surface area contributed by atoms with E-state index in [2.05, 4.69) is 52.3 Å². The molecule has 0 N–H and O–H groups in total. The van der Waals surface area contributed by atoms with E-state index in [9.17, 15) is 0 Å². The first-order chi connectivity index (χ1) is 8.84. The van der Waals surface area contributed by atoms with Crippen LogP contribution in [0.15, 0.2) is 36.4 Å². The Kier molecular flexibility index (Phi) is 3.86. The first-order valence-corrected chi connectivity index (χ1v) is 8.38. The molecule has 0 aliphatic heterocycles.